The third-order valence-corrected chi connectivity index (χ3v) is 3.33. The Labute approximate surface area is 105 Å². The van der Waals surface area contributed by atoms with Gasteiger partial charge in [-0.1, -0.05) is 16.5 Å². The quantitative estimate of drug-likeness (QED) is 0.762. The van der Waals surface area contributed by atoms with Crippen molar-refractivity contribution in [3.8, 4) is 16.9 Å². The summed E-state index contributed by atoms with van der Waals surface area (Å²) >= 11 is 1.02. The minimum atomic E-state index is -0.359. The summed E-state index contributed by atoms with van der Waals surface area (Å²) in [4.78, 5) is 10.8. The summed E-state index contributed by atoms with van der Waals surface area (Å²) in [5.41, 5.74) is 7.43. The normalized spacial score (nSPS) is 10.9. The topological polar surface area (TPSA) is 91.5 Å². The molecule has 0 spiro atoms. The van der Waals surface area contributed by atoms with Crippen LogP contribution >= 0.6 is 11.3 Å². The van der Waals surface area contributed by atoms with E-state index in [1.165, 1.54) is 13.3 Å². The lowest BCUT2D eigenvalue weighted by Crippen LogP contribution is -1.90. The third-order valence-electron chi connectivity index (χ3n) is 2.54. The Kier molecular flexibility index (Phi) is 2.34. The van der Waals surface area contributed by atoms with E-state index in [1.54, 1.807) is 12.1 Å². The Morgan fingerprint density at radius 2 is 2.22 bits per heavy atom. The molecule has 0 amide bonds. The van der Waals surface area contributed by atoms with Gasteiger partial charge in [0.1, 0.15) is 11.3 Å². The molecule has 2 heterocycles. The number of aromatic nitrogens is 1. The summed E-state index contributed by atoms with van der Waals surface area (Å²) in [6, 6.07) is 3.42. The number of anilines is 1. The second-order valence-electron chi connectivity index (χ2n) is 3.56. The molecular formula is C11H8N2O4S. The van der Waals surface area contributed by atoms with Gasteiger partial charge in [-0.2, -0.15) is 0 Å². The van der Waals surface area contributed by atoms with Crippen LogP contribution in [0.4, 0.5) is 5.88 Å². The SMILES string of the molecule is COc1cc2sc(=O)oc2cc1-c1cnoc1N. The maximum absolute atomic E-state index is 11.2. The van der Waals surface area contributed by atoms with E-state index >= 15 is 0 Å². The van der Waals surface area contributed by atoms with Gasteiger partial charge in [-0.15, -0.1) is 0 Å². The predicted octanol–water partition coefficient (Wildman–Crippen LogP) is 2.10. The number of methoxy groups -OCH3 is 1. The van der Waals surface area contributed by atoms with Crippen LogP contribution in [0.15, 0.2) is 32.1 Å². The van der Waals surface area contributed by atoms with Gasteiger partial charge in [-0.05, 0) is 6.07 Å². The molecule has 2 N–H and O–H groups in total. The molecule has 0 fully saturated rings. The van der Waals surface area contributed by atoms with E-state index in [2.05, 4.69) is 5.16 Å². The first kappa shape index (κ1) is 10.8. The van der Waals surface area contributed by atoms with Gasteiger partial charge in [-0.3, -0.25) is 0 Å². The summed E-state index contributed by atoms with van der Waals surface area (Å²) < 4.78 is 15.9. The van der Waals surface area contributed by atoms with E-state index < -0.39 is 0 Å². The Hall–Kier alpha value is -2.28. The maximum atomic E-state index is 11.2. The van der Waals surface area contributed by atoms with Crippen LogP contribution < -0.4 is 15.4 Å². The fourth-order valence-corrected chi connectivity index (χ4v) is 2.41. The lowest BCUT2D eigenvalue weighted by Gasteiger charge is -2.06. The van der Waals surface area contributed by atoms with Crippen molar-refractivity contribution in [3.05, 3.63) is 28.1 Å². The lowest BCUT2D eigenvalue weighted by molar-refractivity contribution is 0.416. The second-order valence-corrected chi connectivity index (χ2v) is 4.53. The minimum Gasteiger partial charge on any atom is -0.496 e. The highest BCUT2D eigenvalue weighted by atomic mass is 32.1. The highest BCUT2D eigenvalue weighted by Gasteiger charge is 2.16. The van der Waals surface area contributed by atoms with Gasteiger partial charge < -0.3 is 19.4 Å². The van der Waals surface area contributed by atoms with Gasteiger partial charge in [0.2, 0.25) is 5.88 Å². The molecule has 0 bridgehead atoms. The molecule has 0 saturated carbocycles. The molecule has 0 aliphatic rings. The largest absolute Gasteiger partial charge is 0.496 e. The first-order valence-corrected chi connectivity index (χ1v) is 5.83. The Morgan fingerprint density at radius 1 is 1.39 bits per heavy atom. The van der Waals surface area contributed by atoms with E-state index in [4.69, 9.17) is 19.4 Å². The predicted molar refractivity (Wildman–Crippen MR) is 66.8 cm³/mol. The number of hydrogen-bond donors (Lipinski definition) is 1. The van der Waals surface area contributed by atoms with E-state index in [0.717, 1.165) is 16.0 Å². The fraction of sp³-hybridized carbons (Fsp3) is 0.0909. The number of fused-ring (bicyclic) bond motifs is 1. The zero-order valence-corrected chi connectivity index (χ0v) is 10.1. The molecular weight excluding hydrogens is 256 g/mol. The summed E-state index contributed by atoms with van der Waals surface area (Å²) in [7, 11) is 1.54. The van der Waals surface area contributed by atoms with Crippen LogP contribution in [0.25, 0.3) is 21.4 Å². The Morgan fingerprint density at radius 3 is 2.89 bits per heavy atom. The molecule has 0 unspecified atom stereocenters. The molecule has 7 heteroatoms. The van der Waals surface area contributed by atoms with Crippen LogP contribution in [0, 0.1) is 0 Å². The van der Waals surface area contributed by atoms with Gasteiger partial charge in [-0.25, -0.2) is 4.79 Å². The molecule has 0 radical (unpaired) electrons. The fourth-order valence-electron chi connectivity index (χ4n) is 1.73. The van der Waals surface area contributed by atoms with Crippen LogP contribution in [-0.4, -0.2) is 12.3 Å². The Balaban J connectivity index is 2.33. The Bertz CT molecular complexity index is 771. The summed E-state index contributed by atoms with van der Waals surface area (Å²) in [5, 5.41) is 3.61. The van der Waals surface area contributed by atoms with Gasteiger partial charge in [0, 0.05) is 11.6 Å². The van der Waals surface area contributed by atoms with Crippen molar-refractivity contribution in [2.24, 2.45) is 0 Å². The molecule has 0 aliphatic heterocycles. The first-order chi connectivity index (χ1) is 8.69. The van der Waals surface area contributed by atoms with Crippen molar-refractivity contribution in [1.29, 1.82) is 0 Å². The number of nitrogens with zero attached hydrogens (tertiary/aromatic N) is 1. The molecule has 92 valence electrons. The van der Waals surface area contributed by atoms with Crippen molar-refractivity contribution in [3.63, 3.8) is 0 Å². The molecule has 3 aromatic rings. The van der Waals surface area contributed by atoms with Gasteiger partial charge >= 0.3 is 4.94 Å². The van der Waals surface area contributed by atoms with E-state index in [0.29, 0.717) is 22.5 Å². The summed E-state index contributed by atoms with van der Waals surface area (Å²) in [6.07, 6.45) is 1.49. The third kappa shape index (κ3) is 1.56. The minimum absolute atomic E-state index is 0.185. The van der Waals surface area contributed by atoms with Crippen molar-refractivity contribution in [2.45, 2.75) is 0 Å². The highest BCUT2D eigenvalue weighted by molar-refractivity contribution is 7.16. The smallest absolute Gasteiger partial charge is 0.396 e. The number of nitrogen functional groups attached to an aromatic ring is 1. The van der Waals surface area contributed by atoms with E-state index in [9.17, 15) is 4.79 Å². The summed E-state index contributed by atoms with van der Waals surface area (Å²) in [6.45, 7) is 0. The van der Waals surface area contributed by atoms with Crippen LogP contribution in [0.1, 0.15) is 0 Å². The molecule has 0 atom stereocenters. The molecule has 3 rings (SSSR count). The zero-order valence-electron chi connectivity index (χ0n) is 9.30. The number of rotatable bonds is 2. The first-order valence-electron chi connectivity index (χ1n) is 5.01. The van der Waals surface area contributed by atoms with Crippen LogP contribution in [0.5, 0.6) is 5.75 Å². The lowest BCUT2D eigenvalue weighted by atomic mass is 10.1. The van der Waals surface area contributed by atoms with Crippen molar-refractivity contribution >= 4 is 27.5 Å². The van der Waals surface area contributed by atoms with Gasteiger partial charge in [0.25, 0.3) is 0 Å². The summed E-state index contributed by atoms with van der Waals surface area (Å²) in [5.74, 6) is 0.764. The molecule has 2 aromatic heterocycles. The van der Waals surface area contributed by atoms with Crippen LogP contribution in [-0.2, 0) is 0 Å². The van der Waals surface area contributed by atoms with Crippen LogP contribution in [0.3, 0.4) is 0 Å². The highest BCUT2D eigenvalue weighted by Crippen LogP contribution is 2.37. The second kappa shape index (κ2) is 3.88. The monoisotopic (exact) mass is 264 g/mol. The average molecular weight is 264 g/mol. The standard InChI is InChI=1S/C11H8N2O4S/c1-15-7-3-9-8(16-11(14)18-9)2-5(7)6-4-13-17-10(6)12/h2-4H,12H2,1H3. The van der Waals surface area contributed by atoms with Gasteiger partial charge in [0.15, 0.2) is 0 Å². The van der Waals surface area contributed by atoms with Crippen LogP contribution in [0.2, 0.25) is 0 Å². The number of ether oxygens (including phenoxy) is 1. The molecule has 0 aliphatic carbocycles. The maximum Gasteiger partial charge on any atom is 0.396 e. The van der Waals surface area contributed by atoms with Crippen molar-refractivity contribution in [1.82, 2.24) is 5.16 Å². The molecule has 1 aromatic carbocycles. The molecule has 0 saturated heterocycles. The van der Waals surface area contributed by atoms with E-state index in [-0.39, 0.29) is 10.8 Å². The number of hydrogen-bond acceptors (Lipinski definition) is 7. The molecule has 6 nitrogen and oxygen atoms in total. The van der Waals surface area contributed by atoms with Gasteiger partial charge in [0.05, 0.1) is 23.6 Å². The van der Waals surface area contributed by atoms with Crippen molar-refractivity contribution in [2.75, 3.05) is 12.8 Å². The average Bonchev–Trinajstić information content (AvgIpc) is 2.91. The number of benzene rings is 1. The number of nitrogens with two attached hydrogens (primary N) is 1. The van der Waals surface area contributed by atoms with Crippen molar-refractivity contribution < 1.29 is 13.7 Å². The molecule has 18 heavy (non-hydrogen) atoms. The van der Waals surface area contributed by atoms with E-state index in [1.807, 2.05) is 0 Å². The zero-order chi connectivity index (χ0) is 12.7.